The zero-order valence-electron chi connectivity index (χ0n) is 15.8. The quantitative estimate of drug-likeness (QED) is 0.640. The van der Waals surface area contributed by atoms with Crippen molar-refractivity contribution >= 4 is 17.5 Å². The highest BCUT2D eigenvalue weighted by Gasteiger charge is 2.19. The fourth-order valence-corrected chi connectivity index (χ4v) is 2.96. The maximum Gasteiger partial charge on any atom is 0.251 e. The number of nitrogens with zero attached hydrogens (tertiary/aromatic N) is 1. The number of carbonyl (C=O) groups excluding carboxylic acids is 2. The standard InChI is InChI=1S/C24H21N3O2/c25-16-15-18-11-13-21(14-12-18)26-23(28)17-22(19-7-3-1-4-8-19)27-24(29)20-9-5-2-6-10-20/h1-14,22H,15,17H2,(H,26,28)(H,27,29). The third-order valence-corrected chi connectivity index (χ3v) is 4.45. The van der Waals surface area contributed by atoms with Gasteiger partial charge in [-0.2, -0.15) is 5.26 Å². The van der Waals surface area contributed by atoms with E-state index in [2.05, 4.69) is 16.7 Å². The summed E-state index contributed by atoms with van der Waals surface area (Å²) in [5.41, 5.74) is 2.94. The number of nitriles is 1. The van der Waals surface area contributed by atoms with Gasteiger partial charge in [0, 0.05) is 11.3 Å². The lowest BCUT2D eigenvalue weighted by Crippen LogP contribution is -2.31. The number of amides is 2. The van der Waals surface area contributed by atoms with Crippen molar-refractivity contribution in [2.45, 2.75) is 18.9 Å². The molecule has 0 saturated heterocycles. The van der Waals surface area contributed by atoms with Crippen LogP contribution in [0.5, 0.6) is 0 Å². The van der Waals surface area contributed by atoms with E-state index in [4.69, 9.17) is 5.26 Å². The van der Waals surface area contributed by atoms with E-state index in [9.17, 15) is 9.59 Å². The number of hydrogen-bond acceptors (Lipinski definition) is 3. The Morgan fingerprint density at radius 3 is 2.10 bits per heavy atom. The molecule has 0 aliphatic heterocycles. The van der Waals surface area contributed by atoms with Crippen molar-refractivity contribution in [1.29, 1.82) is 5.26 Å². The number of hydrogen-bond donors (Lipinski definition) is 2. The van der Waals surface area contributed by atoms with Crippen LogP contribution in [0.1, 0.15) is 33.9 Å². The fourth-order valence-electron chi connectivity index (χ4n) is 2.96. The van der Waals surface area contributed by atoms with Crippen LogP contribution in [-0.2, 0) is 11.2 Å². The van der Waals surface area contributed by atoms with E-state index in [1.165, 1.54) is 0 Å². The van der Waals surface area contributed by atoms with E-state index in [-0.39, 0.29) is 18.2 Å². The van der Waals surface area contributed by atoms with Gasteiger partial charge in [0.15, 0.2) is 0 Å². The molecule has 0 aromatic heterocycles. The Balaban J connectivity index is 1.70. The first-order chi connectivity index (χ1) is 14.2. The Labute approximate surface area is 170 Å². The minimum atomic E-state index is -0.457. The Kier molecular flexibility index (Phi) is 6.75. The SMILES string of the molecule is N#CCc1ccc(NC(=O)CC(NC(=O)c2ccccc2)c2ccccc2)cc1. The van der Waals surface area contributed by atoms with Gasteiger partial charge in [-0.05, 0) is 35.4 Å². The van der Waals surface area contributed by atoms with Gasteiger partial charge in [0.2, 0.25) is 5.91 Å². The van der Waals surface area contributed by atoms with Crippen LogP contribution in [0.15, 0.2) is 84.9 Å². The molecule has 3 aromatic rings. The predicted molar refractivity (Wildman–Crippen MR) is 112 cm³/mol. The van der Waals surface area contributed by atoms with Crippen LogP contribution in [0, 0.1) is 11.3 Å². The fraction of sp³-hybridized carbons (Fsp3) is 0.125. The first-order valence-corrected chi connectivity index (χ1v) is 9.32. The molecular formula is C24H21N3O2. The molecule has 2 N–H and O–H groups in total. The van der Waals surface area contributed by atoms with Gasteiger partial charge in [0.1, 0.15) is 0 Å². The number of anilines is 1. The monoisotopic (exact) mass is 383 g/mol. The van der Waals surface area contributed by atoms with Crippen LogP contribution in [0.3, 0.4) is 0 Å². The molecule has 144 valence electrons. The average Bonchev–Trinajstić information content (AvgIpc) is 2.76. The van der Waals surface area contributed by atoms with E-state index in [1.807, 2.05) is 48.5 Å². The summed E-state index contributed by atoms with van der Waals surface area (Å²) < 4.78 is 0. The van der Waals surface area contributed by atoms with Gasteiger partial charge < -0.3 is 10.6 Å². The summed E-state index contributed by atoms with van der Waals surface area (Å²) in [5, 5.41) is 14.5. The van der Waals surface area contributed by atoms with E-state index in [0.29, 0.717) is 17.7 Å². The van der Waals surface area contributed by atoms with Crippen LogP contribution in [0.25, 0.3) is 0 Å². The van der Waals surface area contributed by atoms with Gasteiger partial charge in [0.25, 0.3) is 5.91 Å². The molecule has 0 heterocycles. The highest BCUT2D eigenvalue weighted by Crippen LogP contribution is 2.19. The predicted octanol–water partition coefficient (Wildman–Crippen LogP) is 4.25. The number of carbonyl (C=O) groups is 2. The van der Waals surface area contributed by atoms with Gasteiger partial charge in [-0.15, -0.1) is 0 Å². The van der Waals surface area contributed by atoms with Crippen molar-refractivity contribution in [3.63, 3.8) is 0 Å². The molecule has 5 nitrogen and oxygen atoms in total. The smallest absolute Gasteiger partial charge is 0.251 e. The maximum absolute atomic E-state index is 12.6. The highest BCUT2D eigenvalue weighted by molar-refractivity contribution is 5.95. The lowest BCUT2D eigenvalue weighted by atomic mass is 10.0. The van der Waals surface area contributed by atoms with Crippen molar-refractivity contribution in [2.75, 3.05) is 5.32 Å². The molecule has 2 amide bonds. The maximum atomic E-state index is 12.6. The lowest BCUT2D eigenvalue weighted by molar-refractivity contribution is -0.116. The van der Waals surface area contributed by atoms with Crippen LogP contribution in [0.4, 0.5) is 5.69 Å². The number of nitrogens with one attached hydrogen (secondary N) is 2. The van der Waals surface area contributed by atoms with Crippen molar-refractivity contribution in [2.24, 2.45) is 0 Å². The highest BCUT2D eigenvalue weighted by atomic mass is 16.2. The van der Waals surface area contributed by atoms with Crippen LogP contribution < -0.4 is 10.6 Å². The summed E-state index contributed by atoms with van der Waals surface area (Å²) >= 11 is 0. The third-order valence-electron chi connectivity index (χ3n) is 4.45. The molecule has 0 aliphatic rings. The van der Waals surface area contributed by atoms with Gasteiger partial charge in [0.05, 0.1) is 25.0 Å². The van der Waals surface area contributed by atoms with Crippen molar-refractivity contribution in [1.82, 2.24) is 5.32 Å². The molecule has 0 bridgehead atoms. The Morgan fingerprint density at radius 2 is 1.48 bits per heavy atom. The molecule has 3 rings (SSSR count). The topological polar surface area (TPSA) is 82.0 Å². The molecule has 0 aliphatic carbocycles. The van der Waals surface area contributed by atoms with E-state index < -0.39 is 6.04 Å². The lowest BCUT2D eigenvalue weighted by Gasteiger charge is -2.19. The van der Waals surface area contributed by atoms with Crippen molar-refractivity contribution in [3.05, 3.63) is 102 Å². The first-order valence-electron chi connectivity index (χ1n) is 9.32. The summed E-state index contributed by atoms with van der Waals surface area (Å²) in [4.78, 5) is 25.2. The van der Waals surface area contributed by atoms with Gasteiger partial charge in [-0.1, -0.05) is 60.7 Å². The summed E-state index contributed by atoms with van der Waals surface area (Å²) in [5.74, 6) is -0.437. The van der Waals surface area contributed by atoms with Gasteiger partial charge in [-0.25, -0.2) is 0 Å². The zero-order valence-corrected chi connectivity index (χ0v) is 15.8. The van der Waals surface area contributed by atoms with Crippen LogP contribution >= 0.6 is 0 Å². The molecule has 1 unspecified atom stereocenters. The minimum Gasteiger partial charge on any atom is -0.345 e. The average molecular weight is 383 g/mol. The largest absolute Gasteiger partial charge is 0.345 e. The van der Waals surface area contributed by atoms with Crippen molar-refractivity contribution in [3.8, 4) is 6.07 Å². The second kappa shape index (κ2) is 9.86. The second-order valence-corrected chi connectivity index (χ2v) is 6.59. The van der Waals surface area contributed by atoms with Gasteiger partial charge in [-0.3, -0.25) is 9.59 Å². The van der Waals surface area contributed by atoms with Gasteiger partial charge >= 0.3 is 0 Å². The normalized spacial score (nSPS) is 11.1. The molecule has 5 heteroatoms. The Hall–Kier alpha value is -3.91. The molecular weight excluding hydrogens is 362 g/mol. The zero-order chi connectivity index (χ0) is 20.5. The molecule has 0 saturated carbocycles. The summed E-state index contributed by atoms with van der Waals surface area (Å²) in [7, 11) is 0. The van der Waals surface area contributed by atoms with E-state index >= 15 is 0 Å². The molecule has 3 aromatic carbocycles. The van der Waals surface area contributed by atoms with Crippen LogP contribution in [-0.4, -0.2) is 11.8 Å². The second-order valence-electron chi connectivity index (χ2n) is 6.59. The number of rotatable bonds is 7. The summed E-state index contributed by atoms with van der Waals surface area (Å²) in [6.45, 7) is 0. The Morgan fingerprint density at radius 1 is 0.862 bits per heavy atom. The minimum absolute atomic E-state index is 0.0997. The first kappa shape index (κ1) is 19.8. The number of benzene rings is 3. The third kappa shape index (κ3) is 5.78. The molecule has 1 atom stereocenters. The summed E-state index contributed by atoms with van der Waals surface area (Å²) in [6, 6.07) is 27.1. The molecule has 29 heavy (non-hydrogen) atoms. The summed E-state index contributed by atoms with van der Waals surface area (Å²) in [6.07, 6.45) is 0.429. The molecule has 0 spiro atoms. The van der Waals surface area contributed by atoms with E-state index in [0.717, 1.165) is 11.1 Å². The molecule has 0 radical (unpaired) electrons. The Bertz CT molecular complexity index is 994. The molecule has 0 fully saturated rings. The van der Waals surface area contributed by atoms with Crippen LogP contribution in [0.2, 0.25) is 0 Å². The van der Waals surface area contributed by atoms with Crippen molar-refractivity contribution < 1.29 is 9.59 Å². The van der Waals surface area contributed by atoms with E-state index in [1.54, 1.807) is 36.4 Å².